The molecule has 11 heteroatoms. The molecule has 1 aliphatic rings. The first kappa shape index (κ1) is 27.9. The summed E-state index contributed by atoms with van der Waals surface area (Å²) in [6, 6.07) is 18.3. The zero-order chi connectivity index (χ0) is 29.0. The molecule has 41 heavy (non-hydrogen) atoms. The summed E-state index contributed by atoms with van der Waals surface area (Å²) < 4.78 is 59.1. The van der Waals surface area contributed by atoms with Crippen LogP contribution in [0.5, 0.6) is 17.2 Å². The molecule has 0 radical (unpaired) electrons. The first-order chi connectivity index (χ1) is 19.6. The Labute approximate surface area is 233 Å². The van der Waals surface area contributed by atoms with Gasteiger partial charge in [0.25, 0.3) is 0 Å². The number of carboxylic acids is 1. The van der Waals surface area contributed by atoms with E-state index in [0.717, 1.165) is 37.2 Å². The van der Waals surface area contributed by atoms with Crippen molar-refractivity contribution in [1.82, 2.24) is 4.98 Å². The predicted octanol–water partition coefficient (Wildman–Crippen LogP) is 6.86. The second-order valence-electron chi connectivity index (χ2n) is 9.50. The fourth-order valence-electron chi connectivity index (χ4n) is 4.59. The normalized spacial score (nSPS) is 13.3. The average Bonchev–Trinajstić information content (AvgIpc) is 3.62. The number of aliphatic carboxylic acids is 1. The molecule has 1 saturated heterocycles. The van der Waals surface area contributed by atoms with E-state index in [1.54, 1.807) is 25.1 Å². The molecule has 0 unspecified atom stereocenters. The number of alkyl halides is 3. The van der Waals surface area contributed by atoms with Gasteiger partial charge in [0.05, 0.1) is 0 Å². The number of aryl methyl sites for hydroxylation is 1. The van der Waals surface area contributed by atoms with Gasteiger partial charge in [0.15, 0.2) is 19.0 Å². The molecule has 2 heterocycles. The van der Waals surface area contributed by atoms with Gasteiger partial charge in [-0.1, -0.05) is 12.1 Å². The number of carbonyl (C=O) groups is 1. The van der Waals surface area contributed by atoms with E-state index in [-0.39, 0.29) is 18.2 Å². The molecule has 214 valence electrons. The quantitative estimate of drug-likeness (QED) is 0.222. The van der Waals surface area contributed by atoms with Gasteiger partial charge in [0.2, 0.25) is 5.89 Å². The van der Waals surface area contributed by atoms with Crippen LogP contribution in [0.2, 0.25) is 0 Å². The van der Waals surface area contributed by atoms with Gasteiger partial charge in [-0.05, 0) is 79.9 Å². The third kappa shape index (κ3) is 7.10. The molecule has 0 amide bonds. The highest BCUT2D eigenvalue weighted by molar-refractivity contribution is 5.78. The Bertz CT molecular complexity index is 1490. The summed E-state index contributed by atoms with van der Waals surface area (Å²) in [4.78, 5) is 17.7. The molecule has 8 nitrogen and oxygen atoms in total. The lowest BCUT2D eigenvalue weighted by molar-refractivity contribution is -0.274. The van der Waals surface area contributed by atoms with Crippen molar-refractivity contribution in [3.63, 3.8) is 0 Å². The van der Waals surface area contributed by atoms with Crippen molar-refractivity contribution in [3.05, 3.63) is 78.2 Å². The lowest BCUT2D eigenvalue weighted by Crippen LogP contribution is -2.17. The molecule has 5 rings (SSSR count). The van der Waals surface area contributed by atoms with Crippen molar-refractivity contribution in [2.24, 2.45) is 0 Å². The Balaban J connectivity index is 1.39. The first-order valence-corrected chi connectivity index (χ1v) is 12.9. The van der Waals surface area contributed by atoms with Crippen LogP contribution in [0.1, 0.15) is 24.3 Å². The van der Waals surface area contributed by atoms with E-state index < -0.39 is 18.9 Å². The van der Waals surface area contributed by atoms with Crippen molar-refractivity contribution < 1.29 is 41.7 Å². The molecular formula is C30H27F3N2O6. The number of benzene rings is 3. The lowest BCUT2D eigenvalue weighted by Gasteiger charge is -2.17. The summed E-state index contributed by atoms with van der Waals surface area (Å²) in [7, 11) is 0. The average molecular weight is 569 g/mol. The minimum atomic E-state index is -4.79. The summed E-state index contributed by atoms with van der Waals surface area (Å²) in [6.45, 7) is 3.31. The van der Waals surface area contributed by atoms with E-state index in [9.17, 15) is 18.0 Å². The standard InChI is InChI=1S/C30H27F3N2O6/c1-19-16-24(12-13-25(19)39-18-27(36)37)38-17-26-34-28(20-4-8-22(9-5-20)35-14-2-3-15-35)29(40-26)21-6-10-23(11-7-21)41-30(31,32)33/h4-13,16H,2-3,14-15,17-18H2,1H3,(H,36,37). The van der Waals surface area contributed by atoms with Crippen molar-refractivity contribution in [2.75, 3.05) is 24.6 Å². The number of rotatable bonds is 10. The Hall–Kier alpha value is -4.67. The number of halogens is 3. The summed E-state index contributed by atoms with van der Waals surface area (Å²) in [5.74, 6) is 0.147. The van der Waals surface area contributed by atoms with Gasteiger partial charge in [-0.15, -0.1) is 13.2 Å². The topological polar surface area (TPSA) is 94.3 Å². The maximum Gasteiger partial charge on any atom is 0.573 e. The minimum Gasteiger partial charge on any atom is -0.484 e. The summed E-state index contributed by atoms with van der Waals surface area (Å²) >= 11 is 0. The highest BCUT2D eigenvalue weighted by Gasteiger charge is 2.31. The van der Waals surface area contributed by atoms with E-state index in [1.807, 2.05) is 24.3 Å². The van der Waals surface area contributed by atoms with Crippen LogP contribution in [-0.2, 0) is 11.4 Å². The highest BCUT2D eigenvalue weighted by Crippen LogP contribution is 2.36. The Morgan fingerprint density at radius 2 is 1.61 bits per heavy atom. The van der Waals surface area contributed by atoms with Crippen LogP contribution >= 0.6 is 0 Å². The third-order valence-electron chi connectivity index (χ3n) is 6.49. The third-order valence-corrected chi connectivity index (χ3v) is 6.49. The Morgan fingerprint density at radius 1 is 0.951 bits per heavy atom. The van der Waals surface area contributed by atoms with Crippen LogP contribution in [0.3, 0.4) is 0 Å². The zero-order valence-corrected chi connectivity index (χ0v) is 22.1. The van der Waals surface area contributed by atoms with Crippen LogP contribution < -0.4 is 19.1 Å². The second-order valence-corrected chi connectivity index (χ2v) is 9.50. The SMILES string of the molecule is Cc1cc(OCc2nc(-c3ccc(N4CCCC4)cc3)c(-c3ccc(OC(F)(F)F)cc3)o2)ccc1OCC(=O)O. The molecule has 1 N–H and O–H groups in total. The molecule has 0 aliphatic carbocycles. The summed E-state index contributed by atoms with van der Waals surface area (Å²) in [5, 5.41) is 8.82. The summed E-state index contributed by atoms with van der Waals surface area (Å²) in [5.41, 5.74) is 3.63. The molecule has 0 atom stereocenters. The molecule has 1 aromatic heterocycles. The smallest absolute Gasteiger partial charge is 0.484 e. The van der Waals surface area contributed by atoms with Crippen LogP contribution in [0.15, 0.2) is 71.1 Å². The van der Waals surface area contributed by atoms with Crippen molar-refractivity contribution in [1.29, 1.82) is 0 Å². The number of aromatic nitrogens is 1. The van der Waals surface area contributed by atoms with Crippen LogP contribution in [0, 0.1) is 6.92 Å². The number of oxazole rings is 1. The molecular weight excluding hydrogens is 541 g/mol. The van der Waals surface area contributed by atoms with Gasteiger partial charge < -0.3 is 28.6 Å². The van der Waals surface area contributed by atoms with Gasteiger partial charge in [-0.3, -0.25) is 0 Å². The van der Waals surface area contributed by atoms with E-state index in [4.69, 9.17) is 19.0 Å². The maximum atomic E-state index is 12.6. The minimum absolute atomic E-state index is 0.0249. The lowest BCUT2D eigenvalue weighted by atomic mass is 10.1. The second kappa shape index (κ2) is 11.8. The number of hydrogen-bond donors (Lipinski definition) is 1. The van der Waals surface area contributed by atoms with E-state index >= 15 is 0 Å². The zero-order valence-electron chi connectivity index (χ0n) is 22.1. The van der Waals surface area contributed by atoms with E-state index in [1.165, 1.54) is 24.3 Å². The fourth-order valence-corrected chi connectivity index (χ4v) is 4.59. The van der Waals surface area contributed by atoms with Gasteiger partial charge >= 0.3 is 12.3 Å². The van der Waals surface area contributed by atoms with E-state index in [2.05, 4.69) is 14.6 Å². The van der Waals surface area contributed by atoms with Crippen molar-refractivity contribution in [3.8, 4) is 39.8 Å². The van der Waals surface area contributed by atoms with Gasteiger partial charge in [0.1, 0.15) is 22.9 Å². The monoisotopic (exact) mass is 568 g/mol. The Morgan fingerprint density at radius 3 is 2.24 bits per heavy atom. The molecule has 3 aromatic carbocycles. The molecule has 1 fully saturated rings. The van der Waals surface area contributed by atoms with Crippen LogP contribution in [0.25, 0.3) is 22.6 Å². The predicted molar refractivity (Wildman–Crippen MR) is 144 cm³/mol. The number of hydrogen-bond acceptors (Lipinski definition) is 7. The molecule has 0 spiro atoms. The van der Waals surface area contributed by atoms with Gasteiger partial charge in [-0.2, -0.15) is 0 Å². The largest absolute Gasteiger partial charge is 0.573 e. The number of carboxylic acid groups (broad SMARTS) is 1. The van der Waals surface area contributed by atoms with Crippen LogP contribution in [0.4, 0.5) is 18.9 Å². The van der Waals surface area contributed by atoms with Gasteiger partial charge in [0, 0.05) is 29.9 Å². The molecule has 0 bridgehead atoms. The number of nitrogens with zero attached hydrogens (tertiary/aromatic N) is 2. The maximum absolute atomic E-state index is 12.6. The molecule has 0 saturated carbocycles. The fraction of sp³-hybridized carbons (Fsp3) is 0.267. The molecule has 4 aromatic rings. The Kier molecular flexibility index (Phi) is 8.04. The van der Waals surface area contributed by atoms with Gasteiger partial charge in [-0.25, -0.2) is 9.78 Å². The van der Waals surface area contributed by atoms with E-state index in [0.29, 0.717) is 34.1 Å². The number of anilines is 1. The number of ether oxygens (including phenoxy) is 3. The first-order valence-electron chi connectivity index (χ1n) is 12.9. The highest BCUT2D eigenvalue weighted by atomic mass is 19.4. The van der Waals surface area contributed by atoms with Crippen LogP contribution in [-0.4, -0.2) is 42.1 Å². The molecule has 1 aliphatic heterocycles. The van der Waals surface area contributed by atoms with Crippen molar-refractivity contribution in [2.45, 2.75) is 32.7 Å². The summed E-state index contributed by atoms with van der Waals surface area (Å²) in [6.07, 6.45) is -2.48. The van der Waals surface area contributed by atoms with Crippen molar-refractivity contribution >= 4 is 11.7 Å².